The van der Waals surface area contributed by atoms with Gasteiger partial charge in [-0.1, -0.05) is 29.8 Å². The SMILES string of the molecule is O=C(NCc1cc(Cl)c2c(c1)OCCCO2)[C@H]1CCCN(C(=O)Nc2ccccc2)C1. The number of amides is 3. The molecule has 4 rings (SSSR count). The lowest BCUT2D eigenvalue weighted by molar-refractivity contribution is -0.126. The minimum absolute atomic E-state index is 0.0690. The van der Waals surface area contributed by atoms with E-state index in [4.69, 9.17) is 21.1 Å². The van der Waals surface area contributed by atoms with Crippen molar-refractivity contribution in [3.05, 3.63) is 53.1 Å². The van der Waals surface area contributed by atoms with Gasteiger partial charge in [-0.05, 0) is 42.7 Å². The molecule has 0 bridgehead atoms. The maximum absolute atomic E-state index is 12.8. The maximum atomic E-state index is 12.8. The Labute approximate surface area is 186 Å². The first-order valence-electron chi connectivity index (χ1n) is 10.6. The zero-order valence-corrected chi connectivity index (χ0v) is 18.0. The number of rotatable bonds is 4. The lowest BCUT2D eigenvalue weighted by Crippen LogP contribution is -2.46. The molecule has 1 atom stereocenters. The lowest BCUT2D eigenvalue weighted by Gasteiger charge is -2.32. The van der Waals surface area contributed by atoms with E-state index in [-0.39, 0.29) is 17.9 Å². The summed E-state index contributed by atoms with van der Waals surface area (Å²) < 4.78 is 11.4. The van der Waals surface area contributed by atoms with Gasteiger partial charge in [-0.2, -0.15) is 0 Å². The summed E-state index contributed by atoms with van der Waals surface area (Å²) in [7, 11) is 0. The van der Waals surface area contributed by atoms with Gasteiger partial charge in [0, 0.05) is 31.7 Å². The van der Waals surface area contributed by atoms with Crippen molar-refractivity contribution in [2.45, 2.75) is 25.8 Å². The Hall–Kier alpha value is -2.93. The van der Waals surface area contributed by atoms with E-state index in [9.17, 15) is 9.59 Å². The molecule has 2 aromatic carbocycles. The van der Waals surface area contributed by atoms with E-state index in [1.165, 1.54) is 0 Å². The monoisotopic (exact) mass is 443 g/mol. The van der Waals surface area contributed by atoms with Gasteiger partial charge in [-0.25, -0.2) is 4.79 Å². The van der Waals surface area contributed by atoms with Crippen molar-refractivity contribution in [1.29, 1.82) is 0 Å². The topological polar surface area (TPSA) is 79.9 Å². The highest BCUT2D eigenvalue weighted by atomic mass is 35.5. The molecule has 164 valence electrons. The molecule has 0 spiro atoms. The van der Waals surface area contributed by atoms with Crippen molar-refractivity contribution >= 4 is 29.2 Å². The van der Waals surface area contributed by atoms with Gasteiger partial charge in [0.15, 0.2) is 11.5 Å². The van der Waals surface area contributed by atoms with Crippen LogP contribution in [0.3, 0.4) is 0 Å². The summed E-state index contributed by atoms with van der Waals surface area (Å²) in [6.45, 7) is 2.51. The van der Waals surface area contributed by atoms with Crippen LogP contribution in [0.25, 0.3) is 0 Å². The fourth-order valence-electron chi connectivity index (χ4n) is 3.82. The number of hydrogen-bond donors (Lipinski definition) is 2. The Balaban J connectivity index is 1.33. The number of fused-ring (bicyclic) bond motifs is 1. The van der Waals surface area contributed by atoms with Gasteiger partial charge in [0.25, 0.3) is 0 Å². The first-order chi connectivity index (χ1) is 15.1. The Morgan fingerprint density at radius 2 is 1.90 bits per heavy atom. The number of urea groups is 1. The molecule has 2 N–H and O–H groups in total. The highest BCUT2D eigenvalue weighted by Crippen LogP contribution is 2.38. The largest absolute Gasteiger partial charge is 0.489 e. The summed E-state index contributed by atoms with van der Waals surface area (Å²) in [6, 6.07) is 12.8. The predicted octanol–water partition coefficient (Wildman–Crippen LogP) is 4.06. The second-order valence-corrected chi connectivity index (χ2v) is 8.16. The third-order valence-electron chi connectivity index (χ3n) is 5.43. The molecule has 0 unspecified atom stereocenters. The van der Waals surface area contributed by atoms with E-state index < -0.39 is 0 Å². The minimum atomic E-state index is -0.244. The number of nitrogens with one attached hydrogen (secondary N) is 2. The number of para-hydroxylation sites is 1. The fourth-order valence-corrected chi connectivity index (χ4v) is 4.11. The number of benzene rings is 2. The van der Waals surface area contributed by atoms with Crippen LogP contribution in [0.4, 0.5) is 10.5 Å². The average molecular weight is 444 g/mol. The van der Waals surface area contributed by atoms with Crippen LogP contribution >= 0.6 is 11.6 Å². The van der Waals surface area contributed by atoms with Crippen LogP contribution in [0.5, 0.6) is 11.5 Å². The van der Waals surface area contributed by atoms with Crippen LogP contribution in [-0.2, 0) is 11.3 Å². The van der Waals surface area contributed by atoms with E-state index in [1.807, 2.05) is 36.4 Å². The predicted molar refractivity (Wildman–Crippen MR) is 119 cm³/mol. The Bertz CT molecular complexity index is 938. The van der Waals surface area contributed by atoms with Gasteiger partial charge in [0.2, 0.25) is 5.91 Å². The quantitative estimate of drug-likeness (QED) is 0.746. The summed E-state index contributed by atoms with van der Waals surface area (Å²) in [6.07, 6.45) is 2.34. The third-order valence-corrected chi connectivity index (χ3v) is 5.71. The number of anilines is 1. The zero-order valence-electron chi connectivity index (χ0n) is 17.2. The first kappa shape index (κ1) is 21.3. The van der Waals surface area contributed by atoms with Gasteiger partial charge in [0.05, 0.1) is 24.2 Å². The van der Waals surface area contributed by atoms with Crippen molar-refractivity contribution in [2.75, 3.05) is 31.6 Å². The Morgan fingerprint density at radius 1 is 1.10 bits per heavy atom. The molecule has 8 heteroatoms. The van der Waals surface area contributed by atoms with Crippen molar-refractivity contribution in [3.8, 4) is 11.5 Å². The normalized spacial score (nSPS) is 18.1. The van der Waals surface area contributed by atoms with Crippen molar-refractivity contribution in [2.24, 2.45) is 5.92 Å². The molecule has 2 heterocycles. The van der Waals surface area contributed by atoms with Gasteiger partial charge in [-0.3, -0.25) is 4.79 Å². The smallest absolute Gasteiger partial charge is 0.321 e. The molecule has 1 fully saturated rings. The molecule has 2 aliphatic rings. The molecule has 2 aliphatic heterocycles. The van der Waals surface area contributed by atoms with Crippen LogP contribution in [-0.4, -0.2) is 43.1 Å². The number of likely N-dealkylation sites (tertiary alicyclic amines) is 1. The molecule has 0 saturated carbocycles. The summed E-state index contributed by atoms with van der Waals surface area (Å²) in [5, 5.41) is 6.34. The maximum Gasteiger partial charge on any atom is 0.321 e. The lowest BCUT2D eigenvalue weighted by atomic mass is 9.97. The van der Waals surface area contributed by atoms with Crippen molar-refractivity contribution in [1.82, 2.24) is 10.2 Å². The number of carbonyl (C=O) groups excluding carboxylic acids is 2. The van der Waals surface area contributed by atoms with Crippen LogP contribution in [0.15, 0.2) is 42.5 Å². The van der Waals surface area contributed by atoms with Crippen LogP contribution in [0.1, 0.15) is 24.8 Å². The van der Waals surface area contributed by atoms with E-state index >= 15 is 0 Å². The van der Waals surface area contributed by atoms with E-state index in [1.54, 1.807) is 11.0 Å². The van der Waals surface area contributed by atoms with Crippen LogP contribution < -0.4 is 20.1 Å². The summed E-state index contributed by atoms with van der Waals surface area (Å²) in [5.74, 6) is 0.851. The van der Waals surface area contributed by atoms with E-state index in [0.29, 0.717) is 49.4 Å². The number of carbonyl (C=O) groups is 2. The Kier molecular flexibility index (Phi) is 6.82. The molecule has 2 aromatic rings. The fraction of sp³-hybridized carbons (Fsp3) is 0.391. The minimum Gasteiger partial charge on any atom is -0.489 e. The zero-order chi connectivity index (χ0) is 21.6. The highest BCUT2D eigenvalue weighted by Gasteiger charge is 2.28. The van der Waals surface area contributed by atoms with Crippen LogP contribution in [0, 0.1) is 5.92 Å². The number of hydrogen-bond acceptors (Lipinski definition) is 4. The molecule has 3 amide bonds. The molecule has 0 aliphatic carbocycles. The van der Waals surface area contributed by atoms with Gasteiger partial charge in [-0.15, -0.1) is 0 Å². The number of piperidine rings is 1. The Morgan fingerprint density at radius 3 is 2.74 bits per heavy atom. The summed E-state index contributed by atoms with van der Waals surface area (Å²) in [4.78, 5) is 27.0. The molecule has 1 saturated heterocycles. The molecule has 0 radical (unpaired) electrons. The van der Waals surface area contributed by atoms with Crippen molar-refractivity contribution in [3.63, 3.8) is 0 Å². The molecule has 7 nitrogen and oxygen atoms in total. The van der Waals surface area contributed by atoms with E-state index in [2.05, 4.69) is 10.6 Å². The third kappa shape index (κ3) is 5.41. The average Bonchev–Trinajstić information content (AvgIpc) is 3.04. The molecule has 31 heavy (non-hydrogen) atoms. The number of halogens is 1. The molecular weight excluding hydrogens is 418 g/mol. The van der Waals surface area contributed by atoms with Crippen LogP contribution in [0.2, 0.25) is 5.02 Å². The number of nitrogens with zero attached hydrogens (tertiary/aromatic N) is 1. The standard InChI is InChI=1S/C23H26ClN3O4/c24-19-12-16(13-20-21(19)31-11-5-10-30-20)14-25-22(28)17-6-4-9-27(15-17)23(29)26-18-7-2-1-3-8-18/h1-3,7-8,12-13,17H,4-6,9-11,14-15H2,(H,25,28)(H,26,29)/t17-/m0/s1. The second-order valence-electron chi connectivity index (χ2n) is 7.75. The second kappa shape index (κ2) is 9.92. The molecular formula is C23H26ClN3O4. The van der Waals surface area contributed by atoms with Gasteiger partial charge in [0.1, 0.15) is 0 Å². The summed E-state index contributed by atoms with van der Waals surface area (Å²) in [5.41, 5.74) is 1.59. The molecule has 0 aromatic heterocycles. The first-order valence-corrected chi connectivity index (χ1v) is 10.9. The summed E-state index contributed by atoms with van der Waals surface area (Å²) >= 11 is 6.34. The number of ether oxygens (including phenoxy) is 2. The van der Waals surface area contributed by atoms with Crippen molar-refractivity contribution < 1.29 is 19.1 Å². The van der Waals surface area contributed by atoms with Gasteiger partial charge >= 0.3 is 6.03 Å². The van der Waals surface area contributed by atoms with Gasteiger partial charge < -0.3 is 25.0 Å². The highest BCUT2D eigenvalue weighted by molar-refractivity contribution is 6.32. The van der Waals surface area contributed by atoms with E-state index in [0.717, 1.165) is 30.5 Å².